The van der Waals surface area contributed by atoms with Gasteiger partial charge in [0.2, 0.25) is 0 Å². The first-order chi connectivity index (χ1) is 9.62. The number of benzene rings is 1. The highest BCUT2D eigenvalue weighted by molar-refractivity contribution is 5.28. The number of hydrogen-bond acceptors (Lipinski definition) is 2. The molecule has 0 amide bonds. The average molecular weight is 271 g/mol. The van der Waals surface area contributed by atoms with E-state index < -0.39 is 0 Å². The minimum absolute atomic E-state index is 0.0388. The summed E-state index contributed by atoms with van der Waals surface area (Å²) in [6, 6.07) is 10.8. The van der Waals surface area contributed by atoms with Gasteiger partial charge < -0.3 is 5.73 Å². The van der Waals surface area contributed by atoms with Gasteiger partial charge in [0.05, 0.1) is 6.20 Å². The first-order valence-corrected chi connectivity index (χ1v) is 7.41. The summed E-state index contributed by atoms with van der Waals surface area (Å²) in [5.74, 6) is 0. The van der Waals surface area contributed by atoms with Crippen molar-refractivity contribution in [3.63, 3.8) is 0 Å². The molecule has 0 aliphatic heterocycles. The minimum atomic E-state index is 0.0388. The van der Waals surface area contributed by atoms with Gasteiger partial charge in [-0.3, -0.25) is 4.68 Å². The predicted octanol–water partition coefficient (Wildman–Crippen LogP) is 3.05. The van der Waals surface area contributed by atoms with Crippen LogP contribution in [0, 0.1) is 0 Å². The Bertz CT molecular complexity index is 526. The lowest BCUT2D eigenvalue weighted by Crippen LogP contribution is -2.46. The van der Waals surface area contributed by atoms with Crippen molar-refractivity contribution in [1.82, 2.24) is 9.78 Å². The lowest BCUT2D eigenvalue weighted by molar-refractivity contribution is 0.315. The minimum Gasteiger partial charge on any atom is -0.327 e. The number of rotatable bonds is 6. The molecule has 0 saturated carbocycles. The van der Waals surface area contributed by atoms with E-state index in [0.717, 1.165) is 19.3 Å². The molecular formula is C17H25N3. The number of aromatic nitrogens is 2. The highest BCUT2D eigenvalue weighted by Gasteiger charge is 2.35. The molecule has 1 atom stereocenters. The van der Waals surface area contributed by atoms with E-state index in [-0.39, 0.29) is 11.5 Å². The predicted molar refractivity (Wildman–Crippen MR) is 83.6 cm³/mol. The molecule has 108 valence electrons. The van der Waals surface area contributed by atoms with E-state index in [1.54, 1.807) is 0 Å². The van der Waals surface area contributed by atoms with Gasteiger partial charge in [0, 0.05) is 24.7 Å². The zero-order valence-electron chi connectivity index (χ0n) is 12.7. The van der Waals surface area contributed by atoms with Crippen LogP contribution in [0.3, 0.4) is 0 Å². The second-order valence-electron chi connectivity index (χ2n) is 5.56. The van der Waals surface area contributed by atoms with Gasteiger partial charge in [-0.2, -0.15) is 5.10 Å². The molecule has 0 aliphatic carbocycles. The van der Waals surface area contributed by atoms with Crippen LogP contribution in [0.2, 0.25) is 0 Å². The monoisotopic (exact) mass is 271 g/mol. The summed E-state index contributed by atoms with van der Waals surface area (Å²) < 4.78 is 1.84. The highest BCUT2D eigenvalue weighted by atomic mass is 15.2. The maximum Gasteiger partial charge on any atom is 0.0522 e. The standard InChI is InChI=1S/C17H25N3/c1-4-17(5-2,15-9-7-6-8-10-15)16(18)11-14-12-19-20(3)13-14/h6-10,12-13,16H,4-5,11,18H2,1-3H3. The Morgan fingerprint density at radius 3 is 2.35 bits per heavy atom. The van der Waals surface area contributed by atoms with Crippen LogP contribution in [0.1, 0.15) is 37.8 Å². The molecular weight excluding hydrogens is 246 g/mol. The van der Waals surface area contributed by atoms with Crippen LogP contribution in [0.5, 0.6) is 0 Å². The summed E-state index contributed by atoms with van der Waals surface area (Å²) in [4.78, 5) is 0. The summed E-state index contributed by atoms with van der Waals surface area (Å²) in [6.07, 6.45) is 6.94. The Balaban J connectivity index is 2.28. The van der Waals surface area contributed by atoms with Crippen molar-refractivity contribution in [3.8, 4) is 0 Å². The molecule has 20 heavy (non-hydrogen) atoms. The van der Waals surface area contributed by atoms with Crippen molar-refractivity contribution in [1.29, 1.82) is 0 Å². The van der Waals surface area contributed by atoms with Gasteiger partial charge in [-0.15, -0.1) is 0 Å². The maximum atomic E-state index is 6.61. The van der Waals surface area contributed by atoms with Gasteiger partial charge in [0.1, 0.15) is 0 Å². The van der Waals surface area contributed by atoms with Crippen LogP contribution in [0.4, 0.5) is 0 Å². The smallest absolute Gasteiger partial charge is 0.0522 e. The fourth-order valence-corrected chi connectivity index (χ4v) is 3.19. The maximum absolute atomic E-state index is 6.61. The normalized spacial score (nSPS) is 13.4. The molecule has 0 bridgehead atoms. The Labute approximate surface area is 121 Å². The van der Waals surface area contributed by atoms with Crippen molar-refractivity contribution >= 4 is 0 Å². The Morgan fingerprint density at radius 1 is 1.20 bits per heavy atom. The van der Waals surface area contributed by atoms with E-state index in [0.29, 0.717) is 0 Å². The van der Waals surface area contributed by atoms with Crippen LogP contribution >= 0.6 is 0 Å². The zero-order valence-corrected chi connectivity index (χ0v) is 12.7. The van der Waals surface area contributed by atoms with Crippen LogP contribution in [0.15, 0.2) is 42.7 Å². The highest BCUT2D eigenvalue weighted by Crippen LogP contribution is 2.35. The van der Waals surface area contributed by atoms with Crippen molar-refractivity contribution in [2.24, 2.45) is 12.8 Å². The van der Waals surface area contributed by atoms with Gasteiger partial charge in [-0.1, -0.05) is 44.2 Å². The van der Waals surface area contributed by atoms with Gasteiger partial charge in [-0.25, -0.2) is 0 Å². The van der Waals surface area contributed by atoms with E-state index >= 15 is 0 Å². The van der Waals surface area contributed by atoms with E-state index in [1.165, 1.54) is 11.1 Å². The Morgan fingerprint density at radius 2 is 1.85 bits per heavy atom. The molecule has 1 heterocycles. The first kappa shape index (κ1) is 14.8. The van der Waals surface area contributed by atoms with Crippen LogP contribution in [0.25, 0.3) is 0 Å². The van der Waals surface area contributed by atoms with E-state index in [2.05, 4.69) is 55.5 Å². The van der Waals surface area contributed by atoms with Crippen molar-refractivity contribution in [2.75, 3.05) is 0 Å². The summed E-state index contributed by atoms with van der Waals surface area (Å²) in [5, 5.41) is 4.24. The second kappa shape index (κ2) is 6.23. The Hall–Kier alpha value is -1.61. The molecule has 3 nitrogen and oxygen atoms in total. The summed E-state index contributed by atoms with van der Waals surface area (Å²) in [7, 11) is 1.94. The van der Waals surface area contributed by atoms with Crippen LogP contribution < -0.4 is 5.73 Å². The average Bonchev–Trinajstić information content (AvgIpc) is 2.87. The first-order valence-electron chi connectivity index (χ1n) is 7.41. The van der Waals surface area contributed by atoms with Crippen molar-refractivity contribution < 1.29 is 0 Å². The fraction of sp³-hybridized carbons (Fsp3) is 0.471. The van der Waals surface area contributed by atoms with Gasteiger partial charge in [0.15, 0.2) is 0 Å². The summed E-state index contributed by atoms with van der Waals surface area (Å²) in [5.41, 5.74) is 9.21. The molecule has 0 spiro atoms. The molecule has 1 unspecified atom stereocenters. The molecule has 3 heteroatoms. The molecule has 0 saturated heterocycles. The molecule has 1 aromatic heterocycles. The fourth-order valence-electron chi connectivity index (χ4n) is 3.19. The molecule has 0 fully saturated rings. The van der Waals surface area contributed by atoms with Gasteiger partial charge in [-0.05, 0) is 30.4 Å². The molecule has 2 rings (SSSR count). The summed E-state index contributed by atoms with van der Waals surface area (Å²) in [6.45, 7) is 4.47. The third kappa shape index (κ3) is 2.78. The van der Waals surface area contributed by atoms with Crippen LogP contribution in [-0.4, -0.2) is 15.8 Å². The quantitative estimate of drug-likeness (QED) is 0.877. The Kier molecular flexibility index (Phi) is 4.61. The van der Waals surface area contributed by atoms with Gasteiger partial charge >= 0.3 is 0 Å². The molecule has 0 radical (unpaired) electrons. The summed E-state index contributed by atoms with van der Waals surface area (Å²) >= 11 is 0. The molecule has 0 aliphatic rings. The topological polar surface area (TPSA) is 43.8 Å². The third-order valence-corrected chi connectivity index (χ3v) is 4.53. The van der Waals surface area contributed by atoms with Crippen molar-refractivity contribution in [2.45, 2.75) is 44.6 Å². The van der Waals surface area contributed by atoms with E-state index in [1.807, 2.05) is 17.9 Å². The lowest BCUT2D eigenvalue weighted by atomic mass is 9.69. The number of nitrogens with zero attached hydrogens (tertiary/aromatic N) is 2. The molecule has 1 aromatic carbocycles. The van der Waals surface area contributed by atoms with Crippen LogP contribution in [-0.2, 0) is 18.9 Å². The van der Waals surface area contributed by atoms with Crippen molar-refractivity contribution in [3.05, 3.63) is 53.9 Å². The van der Waals surface area contributed by atoms with Gasteiger partial charge in [0.25, 0.3) is 0 Å². The number of nitrogens with two attached hydrogens (primary N) is 1. The lowest BCUT2D eigenvalue weighted by Gasteiger charge is -2.38. The molecule has 2 N–H and O–H groups in total. The number of hydrogen-bond donors (Lipinski definition) is 1. The second-order valence-corrected chi connectivity index (χ2v) is 5.56. The van der Waals surface area contributed by atoms with E-state index in [4.69, 9.17) is 5.73 Å². The molecule has 2 aromatic rings. The largest absolute Gasteiger partial charge is 0.327 e. The zero-order chi connectivity index (χ0) is 14.6. The third-order valence-electron chi connectivity index (χ3n) is 4.53. The number of aryl methyl sites for hydroxylation is 1. The van der Waals surface area contributed by atoms with E-state index in [9.17, 15) is 0 Å². The SMILES string of the molecule is CCC(CC)(c1ccccc1)C(N)Cc1cnn(C)c1.